The standard InChI is InChI=1S/C17H35N6O4P/c1-10(2)15(25)12(6-5-7-19-17(18)27)23-14(24)9-20-16(26)13(8-21-28)22-11(3)4/h10-13,21-22H,5-9,28H2,1-4H3,(H,20,26)(H,23,24)(H3,18,19,27). The molecule has 0 rings (SSSR count). The fraction of sp³-hybridized carbons (Fsp3) is 0.765. The molecule has 11 heteroatoms. The van der Waals surface area contributed by atoms with Crippen molar-refractivity contribution < 1.29 is 19.2 Å². The minimum Gasteiger partial charge on any atom is -0.352 e. The number of ketones is 1. The van der Waals surface area contributed by atoms with Crippen molar-refractivity contribution in [2.24, 2.45) is 11.7 Å². The molecule has 162 valence electrons. The van der Waals surface area contributed by atoms with Crippen LogP contribution in [0.25, 0.3) is 0 Å². The summed E-state index contributed by atoms with van der Waals surface area (Å²) in [5.74, 6) is -1.12. The van der Waals surface area contributed by atoms with E-state index in [-0.39, 0.29) is 30.2 Å². The molecular formula is C17H35N6O4P. The third kappa shape index (κ3) is 11.8. The normalized spacial score (nSPS) is 13.1. The van der Waals surface area contributed by atoms with Crippen LogP contribution >= 0.6 is 9.39 Å². The molecule has 0 saturated heterocycles. The third-order valence-electron chi connectivity index (χ3n) is 3.81. The molecule has 0 bridgehead atoms. The largest absolute Gasteiger partial charge is 0.352 e. The summed E-state index contributed by atoms with van der Waals surface area (Å²) < 4.78 is 0. The summed E-state index contributed by atoms with van der Waals surface area (Å²) in [5.41, 5.74) is 5.00. The number of hydrogen-bond acceptors (Lipinski definition) is 6. The number of hydrogen-bond donors (Lipinski definition) is 6. The third-order valence-corrected chi connectivity index (χ3v) is 4.05. The van der Waals surface area contributed by atoms with Crippen LogP contribution in [0.2, 0.25) is 0 Å². The Hall–Kier alpha value is -1.77. The molecule has 3 atom stereocenters. The molecule has 0 spiro atoms. The minimum atomic E-state index is -0.683. The number of urea groups is 1. The van der Waals surface area contributed by atoms with Gasteiger partial charge in [-0.3, -0.25) is 19.5 Å². The summed E-state index contributed by atoms with van der Waals surface area (Å²) in [6, 6.07) is -1.70. The van der Waals surface area contributed by atoms with E-state index in [0.717, 1.165) is 0 Å². The van der Waals surface area contributed by atoms with Crippen LogP contribution in [-0.2, 0) is 14.4 Å². The molecule has 0 aliphatic carbocycles. The Morgan fingerprint density at radius 2 is 1.64 bits per heavy atom. The quantitative estimate of drug-likeness (QED) is 0.157. The molecule has 0 aliphatic rings. The first kappa shape index (κ1) is 26.2. The molecule has 0 aromatic carbocycles. The second-order valence-electron chi connectivity index (χ2n) is 7.11. The van der Waals surface area contributed by atoms with Gasteiger partial charge in [-0.2, -0.15) is 0 Å². The summed E-state index contributed by atoms with van der Waals surface area (Å²) in [7, 11) is 2.33. The first-order valence-corrected chi connectivity index (χ1v) is 9.99. The van der Waals surface area contributed by atoms with Gasteiger partial charge in [-0.1, -0.05) is 37.1 Å². The zero-order chi connectivity index (χ0) is 21.7. The van der Waals surface area contributed by atoms with Gasteiger partial charge in [-0.25, -0.2) is 4.79 Å². The van der Waals surface area contributed by atoms with Gasteiger partial charge in [0.2, 0.25) is 11.8 Å². The van der Waals surface area contributed by atoms with Gasteiger partial charge in [-0.15, -0.1) is 0 Å². The molecule has 0 aromatic rings. The van der Waals surface area contributed by atoms with E-state index >= 15 is 0 Å². The number of nitrogens with two attached hydrogens (primary N) is 1. The molecule has 4 amide bonds. The number of carbonyl (C=O) groups is 4. The van der Waals surface area contributed by atoms with Gasteiger partial charge < -0.3 is 27.0 Å². The van der Waals surface area contributed by atoms with E-state index in [9.17, 15) is 19.2 Å². The second-order valence-corrected chi connectivity index (χ2v) is 7.52. The van der Waals surface area contributed by atoms with E-state index in [1.54, 1.807) is 13.8 Å². The molecule has 10 nitrogen and oxygen atoms in total. The van der Waals surface area contributed by atoms with E-state index in [1.165, 1.54) is 0 Å². The van der Waals surface area contributed by atoms with Crippen molar-refractivity contribution in [1.29, 1.82) is 0 Å². The zero-order valence-electron chi connectivity index (χ0n) is 17.1. The van der Waals surface area contributed by atoms with Crippen LogP contribution in [0.1, 0.15) is 40.5 Å². The van der Waals surface area contributed by atoms with Crippen LogP contribution in [-0.4, -0.2) is 61.4 Å². The summed E-state index contributed by atoms with van der Waals surface area (Å²) >= 11 is 0. The number of amides is 4. The maximum atomic E-state index is 12.3. The summed E-state index contributed by atoms with van der Waals surface area (Å²) in [6.07, 6.45) is 0.852. The Labute approximate surface area is 169 Å². The molecule has 28 heavy (non-hydrogen) atoms. The summed E-state index contributed by atoms with van der Waals surface area (Å²) in [5, 5.41) is 13.6. The topological polar surface area (TPSA) is 154 Å². The Balaban J connectivity index is 4.64. The van der Waals surface area contributed by atoms with Gasteiger partial charge >= 0.3 is 6.03 Å². The molecule has 0 fully saturated rings. The van der Waals surface area contributed by atoms with Crippen molar-refractivity contribution in [2.45, 2.75) is 58.7 Å². The fourth-order valence-electron chi connectivity index (χ4n) is 2.49. The van der Waals surface area contributed by atoms with Crippen molar-refractivity contribution in [1.82, 2.24) is 26.4 Å². The highest BCUT2D eigenvalue weighted by Crippen LogP contribution is 2.06. The molecule has 3 unspecified atom stereocenters. The van der Waals surface area contributed by atoms with Crippen LogP contribution in [0, 0.1) is 5.92 Å². The average molecular weight is 418 g/mol. The Morgan fingerprint density at radius 1 is 1.00 bits per heavy atom. The van der Waals surface area contributed by atoms with Crippen molar-refractivity contribution in [3.05, 3.63) is 0 Å². The molecule has 7 N–H and O–H groups in total. The first-order valence-electron chi connectivity index (χ1n) is 9.42. The molecule has 0 aromatic heterocycles. The first-order chi connectivity index (χ1) is 13.1. The van der Waals surface area contributed by atoms with Crippen LogP contribution in [0.3, 0.4) is 0 Å². The molecule has 0 aliphatic heterocycles. The van der Waals surface area contributed by atoms with Gasteiger partial charge in [-0.05, 0) is 12.8 Å². The van der Waals surface area contributed by atoms with Crippen LogP contribution in [0.15, 0.2) is 0 Å². The van der Waals surface area contributed by atoms with Crippen molar-refractivity contribution in [2.75, 3.05) is 19.6 Å². The van der Waals surface area contributed by atoms with Gasteiger partial charge in [0.05, 0.1) is 18.6 Å². The highest BCUT2D eigenvalue weighted by atomic mass is 31.0. The van der Waals surface area contributed by atoms with Crippen LogP contribution in [0.5, 0.6) is 0 Å². The van der Waals surface area contributed by atoms with E-state index in [1.807, 2.05) is 13.8 Å². The molecular weight excluding hydrogens is 383 g/mol. The molecule has 0 heterocycles. The highest BCUT2D eigenvalue weighted by molar-refractivity contribution is 7.13. The van der Waals surface area contributed by atoms with E-state index < -0.39 is 24.0 Å². The van der Waals surface area contributed by atoms with Crippen molar-refractivity contribution in [3.63, 3.8) is 0 Å². The number of rotatable bonds is 14. The minimum absolute atomic E-state index is 0.102. The predicted molar refractivity (Wildman–Crippen MR) is 111 cm³/mol. The number of nitrogens with one attached hydrogen (secondary N) is 5. The van der Waals surface area contributed by atoms with Crippen molar-refractivity contribution in [3.8, 4) is 0 Å². The van der Waals surface area contributed by atoms with Crippen LogP contribution in [0.4, 0.5) is 4.79 Å². The second kappa shape index (κ2) is 14.3. The lowest BCUT2D eigenvalue weighted by Crippen LogP contribution is -2.53. The highest BCUT2D eigenvalue weighted by Gasteiger charge is 2.24. The zero-order valence-corrected chi connectivity index (χ0v) is 18.3. The Morgan fingerprint density at radius 3 is 2.14 bits per heavy atom. The summed E-state index contributed by atoms with van der Waals surface area (Å²) in [4.78, 5) is 47.5. The van der Waals surface area contributed by atoms with E-state index in [2.05, 4.69) is 35.7 Å². The lowest BCUT2D eigenvalue weighted by molar-refractivity contribution is -0.130. The predicted octanol–water partition coefficient (Wildman–Crippen LogP) is -0.993. The van der Waals surface area contributed by atoms with Gasteiger partial charge in [0, 0.05) is 25.0 Å². The fourth-order valence-corrected chi connectivity index (χ4v) is 2.72. The average Bonchev–Trinajstić information content (AvgIpc) is 2.60. The van der Waals surface area contributed by atoms with E-state index in [4.69, 9.17) is 5.73 Å². The van der Waals surface area contributed by atoms with E-state index in [0.29, 0.717) is 25.9 Å². The molecule has 0 saturated carbocycles. The number of Topliss-reactive ketones (excluding diaryl/α,β-unsaturated/α-hetero) is 1. The number of carbonyl (C=O) groups excluding carboxylic acids is 4. The van der Waals surface area contributed by atoms with Gasteiger partial charge in [0.25, 0.3) is 0 Å². The maximum Gasteiger partial charge on any atom is 0.312 e. The monoisotopic (exact) mass is 418 g/mol. The SMILES string of the molecule is CC(C)NC(CNP)C(=O)NCC(=O)NC(CCCNC(N)=O)C(=O)C(C)C. The maximum absolute atomic E-state index is 12.3. The number of primary amides is 1. The van der Waals surface area contributed by atoms with Crippen LogP contribution < -0.4 is 32.1 Å². The lowest BCUT2D eigenvalue weighted by atomic mass is 9.98. The smallest absolute Gasteiger partial charge is 0.312 e. The van der Waals surface area contributed by atoms with Gasteiger partial charge in [0.15, 0.2) is 5.78 Å². The summed E-state index contributed by atoms with van der Waals surface area (Å²) in [6.45, 7) is 7.82. The Kier molecular flexibility index (Phi) is 13.4. The van der Waals surface area contributed by atoms with Crippen molar-refractivity contribution >= 4 is 33.0 Å². The molecule has 0 radical (unpaired) electrons. The van der Waals surface area contributed by atoms with Gasteiger partial charge in [0.1, 0.15) is 0 Å². The lowest BCUT2D eigenvalue weighted by Gasteiger charge is -2.22. The Bertz CT molecular complexity index is 530.